The van der Waals surface area contributed by atoms with E-state index in [-0.39, 0.29) is 6.54 Å². The van der Waals surface area contributed by atoms with E-state index in [1.54, 1.807) is 12.1 Å². The average molecular weight is 347 g/mol. The molecule has 0 atom stereocenters. The van der Waals surface area contributed by atoms with Crippen molar-refractivity contribution < 1.29 is 8.42 Å². The normalized spacial score (nSPS) is 11.7. The molecule has 1 aromatic heterocycles. The van der Waals surface area contributed by atoms with Crippen LogP contribution in [0.5, 0.6) is 0 Å². The Morgan fingerprint density at radius 1 is 1.13 bits per heavy atom. The molecule has 0 saturated heterocycles. The van der Waals surface area contributed by atoms with E-state index in [9.17, 15) is 8.42 Å². The fourth-order valence-corrected chi connectivity index (χ4v) is 4.24. The van der Waals surface area contributed by atoms with Crippen LogP contribution >= 0.6 is 11.3 Å². The van der Waals surface area contributed by atoms with Gasteiger partial charge in [-0.05, 0) is 11.5 Å². The van der Waals surface area contributed by atoms with Crippen molar-refractivity contribution in [1.29, 1.82) is 0 Å². The Bertz CT molecular complexity index is 928. The number of hydrogen-bond donors (Lipinski definition) is 1. The zero-order valence-electron chi connectivity index (χ0n) is 12.9. The second-order valence-corrected chi connectivity index (χ2v) is 7.89. The van der Waals surface area contributed by atoms with Crippen molar-refractivity contribution in [2.24, 2.45) is 0 Å². The molecule has 0 aliphatic rings. The molecule has 1 heterocycles. The molecule has 0 saturated carbocycles. The number of nitrogens with zero attached hydrogens (tertiary/aromatic N) is 2. The Hall–Kier alpha value is -1.96. The highest BCUT2D eigenvalue weighted by Crippen LogP contribution is 2.23. The molecule has 5 nitrogen and oxygen atoms in total. The number of thiazole rings is 1. The molecule has 7 heteroatoms. The van der Waals surface area contributed by atoms with Gasteiger partial charge in [-0.3, -0.25) is 0 Å². The minimum Gasteiger partial charge on any atom is -0.354 e. The summed E-state index contributed by atoms with van der Waals surface area (Å²) in [6.45, 7) is 0.176. The Kier molecular flexibility index (Phi) is 4.34. The van der Waals surface area contributed by atoms with Crippen molar-refractivity contribution in [1.82, 2.24) is 9.71 Å². The zero-order valence-corrected chi connectivity index (χ0v) is 14.5. The third kappa shape index (κ3) is 3.36. The van der Waals surface area contributed by atoms with Gasteiger partial charge in [-0.25, -0.2) is 18.1 Å². The van der Waals surface area contributed by atoms with Gasteiger partial charge in [0.1, 0.15) is 0 Å². The predicted molar refractivity (Wildman–Crippen MR) is 94.4 cm³/mol. The van der Waals surface area contributed by atoms with Crippen LogP contribution in [0.4, 0.5) is 5.13 Å². The first kappa shape index (κ1) is 15.9. The highest BCUT2D eigenvalue weighted by Gasteiger charge is 2.17. The number of aromatic nitrogens is 1. The van der Waals surface area contributed by atoms with Gasteiger partial charge in [0.25, 0.3) is 0 Å². The Morgan fingerprint density at radius 3 is 2.61 bits per heavy atom. The number of sulfonamides is 1. The Labute approximate surface area is 139 Å². The molecule has 0 radical (unpaired) electrons. The van der Waals surface area contributed by atoms with Gasteiger partial charge in [0, 0.05) is 24.9 Å². The summed E-state index contributed by atoms with van der Waals surface area (Å²) < 4.78 is 27.9. The minimum atomic E-state index is -3.60. The Morgan fingerprint density at radius 2 is 1.87 bits per heavy atom. The van der Waals surface area contributed by atoms with Gasteiger partial charge in [-0.2, -0.15) is 0 Å². The zero-order chi connectivity index (χ0) is 16.4. The van der Waals surface area contributed by atoms with Crippen molar-refractivity contribution in [2.45, 2.75) is 11.4 Å². The number of anilines is 1. The molecule has 0 bridgehead atoms. The van der Waals surface area contributed by atoms with Gasteiger partial charge in [-0.1, -0.05) is 36.4 Å². The van der Waals surface area contributed by atoms with Crippen molar-refractivity contribution in [3.05, 3.63) is 53.5 Å². The lowest BCUT2D eigenvalue weighted by molar-refractivity contribution is 0.581. The first-order chi connectivity index (χ1) is 11.0. The highest BCUT2D eigenvalue weighted by molar-refractivity contribution is 7.89. The van der Waals surface area contributed by atoms with E-state index in [2.05, 4.69) is 9.71 Å². The van der Waals surface area contributed by atoms with Crippen LogP contribution in [-0.4, -0.2) is 27.5 Å². The van der Waals surface area contributed by atoms with Crippen LogP contribution in [0.1, 0.15) is 5.69 Å². The van der Waals surface area contributed by atoms with E-state index in [1.165, 1.54) is 11.3 Å². The summed E-state index contributed by atoms with van der Waals surface area (Å²) in [6.07, 6.45) is 0. The molecule has 120 valence electrons. The molecule has 0 amide bonds. The van der Waals surface area contributed by atoms with Crippen molar-refractivity contribution in [3.63, 3.8) is 0 Å². The second-order valence-electron chi connectivity index (χ2n) is 5.32. The number of fused-ring (bicyclic) bond motifs is 1. The molecule has 3 rings (SSSR count). The molecule has 0 unspecified atom stereocenters. The standard InChI is InChI=1S/C16H17N3O2S2/c1-19(2)16-18-13(11-22-16)10-17-23(20,21)15-9-5-7-12-6-3-4-8-14(12)15/h3-9,11,17H,10H2,1-2H3. The summed E-state index contributed by atoms with van der Waals surface area (Å²) in [7, 11) is 0.216. The molecular weight excluding hydrogens is 330 g/mol. The molecule has 3 aromatic rings. The fraction of sp³-hybridized carbons (Fsp3) is 0.188. The van der Waals surface area contributed by atoms with Crippen molar-refractivity contribution >= 4 is 37.3 Å². The summed E-state index contributed by atoms with van der Waals surface area (Å²) in [5.41, 5.74) is 0.711. The van der Waals surface area contributed by atoms with E-state index >= 15 is 0 Å². The van der Waals surface area contributed by atoms with Gasteiger partial charge in [-0.15, -0.1) is 11.3 Å². The van der Waals surface area contributed by atoms with Gasteiger partial charge in [0.2, 0.25) is 10.0 Å². The van der Waals surface area contributed by atoms with E-state index in [4.69, 9.17) is 0 Å². The van der Waals surface area contributed by atoms with Crippen LogP contribution in [0, 0.1) is 0 Å². The maximum absolute atomic E-state index is 12.6. The minimum absolute atomic E-state index is 0.176. The van der Waals surface area contributed by atoms with Crippen LogP contribution in [0.25, 0.3) is 10.8 Å². The van der Waals surface area contributed by atoms with E-state index in [0.717, 1.165) is 15.9 Å². The SMILES string of the molecule is CN(C)c1nc(CNS(=O)(=O)c2cccc3ccccc23)cs1. The van der Waals surface area contributed by atoms with Crippen LogP contribution < -0.4 is 9.62 Å². The van der Waals surface area contributed by atoms with E-state index in [1.807, 2.05) is 54.7 Å². The average Bonchev–Trinajstić information content (AvgIpc) is 3.02. The van der Waals surface area contributed by atoms with Gasteiger partial charge >= 0.3 is 0 Å². The molecule has 1 N–H and O–H groups in total. The molecular formula is C16H17N3O2S2. The lowest BCUT2D eigenvalue weighted by atomic mass is 10.1. The Balaban J connectivity index is 1.86. The monoisotopic (exact) mass is 347 g/mol. The largest absolute Gasteiger partial charge is 0.354 e. The maximum Gasteiger partial charge on any atom is 0.241 e. The topological polar surface area (TPSA) is 62.3 Å². The van der Waals surface area contributed by atoms with Crippen molar-refractivity contribution in [2.75, 3.05) is 19.0 Å². The summed E-state index contributed by atoms with van der Waals surface area (Å²) in [5.74, 6) is 0. The summed E-state index contributed by atoms with van der Waals surface area (Å²) in [4.78, 5) is 6.57. The van der Waals surface area contributed by atoms with Crippen LogP contribution in [0.2, 0.25) is 0 Å². The quantitative estimate of drug-likeness (QED) is 0.771. The summed E-state index contributed by atoms with van der Waals surface area (Å²) >= 11 is 1.49. The van der Waals surface area contributed by atoms with E-state index in [0.29, 0.717) is 10.6 Å². The molecule has 0 spiro atoms. The van der Waals surface area contributed by atoms with Crippen LogP contribution in [0.3, 0.4) is 0 Å². The van der Waals surface area contributed by atoms with Crippen LogP contribution in [-0.2, 0) is 16.6 Å². The first-order valence-electron chi connectivity index (χ1n) is 7.06. The van der Waals surface area contributed by atoms with Gasteiger partial charge in [0.15, 0.2) is 5.13 Å². The van der Waals surface area contributed by atoms with Crippen molar-refractivity contribution in [3.8, 4) is 0 Å². The molecule has 0 aliphatic carbocycles. The maximum atomic E-state index is 12.6. The summed E-state index contributed by atoms with van der Waals surface area (Å²) in [6, 6.07) is 12.7. The smallest absolute Gasteiger partial charge is 0.241 e. The van der Waals surface area contributed by atoms with Gasteiger partial charge in [0.05, 0.1) is 17.1 Å². The number of benzene rings is 2. The lowest BCUT2D eigenvalue weighted by Gasteiger charge is -2.09. The first-order valence-corrected chi connectivity index (χ1v) is 9.43. The second kappa shape index (κ2) is 6.27. The molecule has 0 fully saturated rings. The third-order valence-corrected chi connectivity index (χ3v) is 5.92. The number of nitrogens with one attached hydrogen (secondary N) is 1. The third-order valence-electron chi connectivity index (χ3n) is 3.40. The number of hydrogen-bond acceptors (Lipinski definition) is 5. The fourth-order valence-electron chi connectivity index (χ4n) is 2.26. The lowest BCUT2D eigenvalue weighted by Crippen LogP contribution is -2.23. The van der Waals surface area contributed by atoms with E-state index < -0.39 is 10.0 Å². The number of rotatable bonds is 5. The summed E-state index contributed by atoms with van der Waals surface area (Å²) in [5, 5.41) is 4.33. The molecule has 0 aliphatic heterocycles. The predicted octanol–water partition coefficient (Wildman–Crippen LogP) is 2.84. The molecule has 23 heavy (non-hydrogen) atoms. The molecule has 2 aromatic carbocycles. The van der Waals surface area contributed by atoms with Gasteiger partial charge < -0.3 is 4.90 Å². The van der Waals surface area contributed by atoms with Crippen LogP contribution in [0.15, 0.2) is 52.7 Å². The highest BCUT2D eigenvalue weighted by atomic mass is 32.2.